The minimum absolute atomic E-state index is 0.102. The molecule has 0 aromatic carbocycles. The third-order valence-corrected chi connectivity index (χ3v) is 3.67. The van der Waals surface area contributed by atoms with Crippen LogP contribution in [0.1, 0.15) is 67.7 Å². The van der Waals surface area contributed by atoms with Gasteiger partial charge in [-0.15, -0.1) is 0 Å². The Morgan fingerprint density at radius 2 is 1.41 bits per heavy atom. The topological polar surface area (TPSA) is 69.4 Å². The van der Waals surface area contributed by atoms with Crippen LogP contribution >= 0.6 is 0 Å². The lowest BCUT2D eigenvalue weighted by Crippen LogP contribution is -2.31. The molecule has 0 saturated heterocycles. The van der Waals surface area contributed by atoms with Crippen LogP contribution in [-0.4, -0.2) is 24.9 Å². The van der Waals surface area contributed by atoms with Crippen molar-refractivity contribution in [1.29, 1.82) is 0 Å². The average molecular weight is 313 g/mol. The average Bonchev–Trinajstić information content (AvgIpc) is 2.24. The van der Waals surface area contributed by atoms with E-state index in [1.54, 1.807) is 0 Å². The van der Waals surface area contributed by atoms with Crippen LogP contribution in [0.25, 0.3) is 0 Å². The Balaban J connectivity index is 4.29. The van der Waals surface area contributed by atoms with E-state index < -0.39 is 0 Å². The molecule has 4 nitrogen and oxygen atoms in total. The number of Topliss-reactive ketones (excluding diaryl/α,β-unsaturated/α-hetero) is 1. The van der Waals surface area contributed by atoms with E-state index in [1.807, 2.05) is 34.6 Å². The van der Waals surface area contributed by atoms with Crippen molar-refractivity contribution >= 4 is 11.7 Å². The maximum atomic E-state index is 12.3. The second-order valence-corrected chi connectivity index (χ2v) is 8.64. The Hall–Kier alpha value is -0.900. The Kier molecular flexibility index (Phi) is 8.30. The van der Waals surface area contributed by atoms with E-state index in [0.717, 1.165) is 6.42 Å². The van der Waals surface area contributed by atoms with Gasteiger partial charge in [-0.05, 0) is 23.2 Å². The third-order valence-electron chi connectivity index (χ3n) is 3.67. The Labute approximate surface area is 136 Å². The van der Waals surface area contributed by atoms with E-state index in [9.17, 15) is 9.59 Å². The third kappa shape index (κ3) is 9.93. The number of amides is 1. The van der Waals surface area contributed by atoms with Crippen LogP contribution in [0, 0.1) is 22.7 Å². The molecule has 22 heavy (non-hydrogen) atoms. The van der Waals surface area contributed by atoms with Crippen molar-refractivity contribution in [3.63, 3.8) is 0 Å². The zero-order valence-electron chi connectivity index (χ0n) is 15.5. The standard InChI is InChI=1S/C18H35NO3/c1-13(2)8-14(3)15(20)9-17(4,5)11-22-12-18(6,7)10-16(19)21/h13-14H,8-12H2,1-7H3,(H2,19,21). The molecule has 1 atom stereocenters. The predicted molar refractivity (Wildman–Crippen MR) is 90.4 cm³/mol. The van der Waals surface area contributed by atoms with E-state index in [1.165, 1.54) is 0 Å². The summed E-state index contributed by atoms with van der Waals surface area (Å²) in [4.78, 5) is 23.3. The van der Waals surface area contributed by atoms with Crippen molar-refractivity contribution in [1.82, 2.24) is 0 Å². The van der Waals surface area contributed by atoms with Crippen LogP contribution in [0.2, 0.25) is 0 Å². The number of hydrogen-bond donors (Lipinski definition) is 1. The Bertz CT molecular complexity index is 373. The van der Waals surface area contributed by atoms with Gasteiger partial charge in [-0.1, -0.05) is 48.5 Å². The summed E-state index contributed by atoms with van der Waals surface area (Å²) in [5.41, 5.74) is 4.78. The summed E-state index contributed by atoms with van der Waals surface area (Å²) in [5, 5.41) is 0. The van der Waals surface area contributed by atoms with Gasteiger partial charge in [0.1, 0.15) is 5.78 Å². The number of nitrogens with two attached hydrogens (primary N) is 1. The van der Waals surface area contributed by atoms with Gasteiger partial charge in [-0.2, -0.15) is 0 Å². The quantitative estimate of drug-likeness (QED) is 0.634. The Morgan fingerprint density at radius 1 is 0.955 bits per heavy atom. The molecule has 4 heteroatoms. The second kappa shape index (κ2) is 8.66. The van der Waals surface area contributed by atoms with Gasteiger partial charge in [-0.25, -0.2) is 0 Å². The maximum absolute atomic E-state index is 12.3. The second-order valence-electron chi connectivity index (χ2n) is 8.64. The van der Waals surface area contributed by atoms with E-state index in [4.69, 9.17) is 10.5 Å². The molecule has 0 heterocycles. The zero-order chi connectivity index (χ0) is 17.6. The van der Waals surface area contributed by atoms with Crippen LogP contribution in [-0.2, 0) is 14.3 Å². The highest BCUT2D eigenvalue weighted by Crippen LogP contribution is 2.27. The fraction of sp³-hybridized carbons (Fsp3) is 0.889. The summed E-state index contributed by atoms with van der Waals surface area (Å²) in [6.07, 6.45) is 1.76. The van der Waals surface area contributed by atoms with Gasteiger partial charge in [0.05, 0.1) is 13.2 Å². The fourth-order valence-electron chi connectivity index (χ4n) is 2.66. The zero-order valence-corrected chi connectivity index (χ0v) is 15.5. The van der Waals surface area contributed by atoms with Crippen LogP contribution in [0.3, 0.4) is 0 Å². The minimum Gasteiger partial charge on any atom is -0.380 e. The molecule has 0 fully saturated rings. The summed E-state index contributed by atoms with van der Waals surface area (Å²) in [5.74, 6) is 0.628. The molecule has 0 radical (unpaired) electrons. The summed E-state index contributed by atoms with van der Waals surface area (Å²) in [6.45, 7) is 15.3. The SMILES string of the molecule is CC(C)CC(C)C(=O)CC(C)(C)COCC(C)(C)CC(N)=O. The molecule has 0 aromatic rings. The van der Waals surface area contributed by atoms with Crippen molar-refractivity contribution < 1.29 is 14.3 Å². The lowest BCUT2D eigenvalue weighted by atomic mass is 9.82. The van der Waals surface area contributed by atoms with Gasteiger partial charge in [0, 0.05) is 18.8 Å². The summed E-state index contributed by atoms with van der Waals surface area (Å²) < 4.78 is 5.77. The van der Waals surface area contributed by atoms with Gasteiger partial charge in [0.25, 0.3) is 0 Å². The molecule has 0 saturated carbocycles. The van der Waals surface area contributed by atoms with E-state index in [0.29, 0.717) is 37.8 Å². The van der Waals surface area contributed by atoms with E-state index in [2.05, 4.69) is 13.8 Å². The van der Waals surface area contributed by atoms with Gasteiger partial charge in [-0.3, -0.25) is 9.59 Å². The number of ketones is 1. The predicted octanol–water partition coefficient (Wildman–Crippen LogP) is 3.57. The molecular weight excluding hydrogens is 278 g/mol. The molecule has 0 aliphatic carbocycles. The van der Waals surface area contributed by atoms with Crippen molar-refractivity contribution in [2.75, 3.05) is 13.2 Å². The highest BCUT2D eigenvalue weighted by Gasteiger charge is 2.27. The van der Waals surface area contributed by atoms with Gasteiger partial charge in [0.2, 0.25) is 5.91 Å². The molecule has 0 bridgehead atoms. The molecule has 0 spiro atoms. The van der Waals surface area contributed by atoms with Crippen LogP contribution in [0.15, 0.2) is 0 Å². The van der Waals surface area contributed by atoms with E-state index >= 15 is 0 Å². The maximum Gasteiger partial charge on any atom is 0.218 e. The summed E-state index contributed by atoms with van der Waals surface area (Å²) in [6, 6.07) is 0. The van der Waals surface area contributed by atoms with Crippen molar-refractivity contribution in [2.45, 2.75) is 67.7 Å². The normalized spacial score (nSPS) is 14.2. The molecule has 1 amide bonds. The number of rotatable bonds is 11. The number of hydrogen-bond acceptors (Lipinski definition) is 3. The number of primary amides is 1. The summed E-state index contributed by atoms with van der Waals surface area (Å²) in [7, 11) is 0. The monoisotopic (exact) mass is 313 g/mol. The lowest BCUT2D eigenvalue weighted by Gasteiger charge is -2.29. The first-order valence-corrected chi connectivity index (χ1v) is 8.23. The fourth-order valence-corrected chi connectivity index (χ4v) is 2.66. The van der Waals surface area contributed by atoms with E-state index in [-0.39, 0.29) is 22.7 Å². The first-order valence-electron chi connectivity index (χ1n) is 8.23. The van der Waals surface area contributed by atoms with Crippen LogP contribution in [0.4, 0.5) is 0 Å². The molecular formula is C18H35NO3. The van der Waals surface area contributed by atoms with Crippen molar-refractivity contribution in [2.24, 2.45) is 28.4 Å². The molecule has 0 aliphatic rings. The number of ether oxygens (including phenoxy) is 1. The smallest absolute Gasteiger partial charge is 0.218 e. The highest BCUT2D eigenvalue weighted by atomic mass is 16.5. The van der Waals surface area contributed by atoms with Gasteiger partial charge in [0.15, 0.2) is 0 Å². The lowest BCUT2D eigenvalue weighted by molar-refractivity contribution is -0.126. The molecule has 1 unspecified atom stereocenters. The largest absolute Gasteiger partial charge is 0.380 e. The van der Waals surface area contributed by atoms with Crippen LogP contribution in [0.5, 0.6) is 0 Å². The Morgan fingerprint density at radius 3 is 1.82 bits per heavy atom. The van der Waals surface area contributed by atoms with Crippen molar-refractivity contribution in [3.8, 4) is 0 Å². The molecule has 0 rings (SSSR count). The molecule has 0 aromatic heterocycles. The van der Waals surface area contributed by atoms with Gasteiger partial charge >= 0.3 is 0 Å². The first-order chi connectivity index (χ1) is 9.84. The van der Waals surface area contributed by atoms with Crippen molar-refractivity contribution in [3.05, 3.63) is 0 Å². The number of carbonyl (C=O) groups excluding carboxylic acids is 2. The highest BCUT2D eigenvalue weighted by molar-refractivity contribution is 5.81. The number of carbonyl (C=O) groups is 2. The van der Waals surface area contributed by atoms with Gasteiger partial charge < -0.3 is 10.5 Å². The molecule has 130 valence electrons. The summed E-state index contributed by atoms with van der Waals surface area (Å²) >= 11 is 0. The van der Waals surface area contributed by atoms with Crippen LogP contribution < -0.4 is 5.73 Å². The first kappa shape index (κ1) is 21.1. The molecule has 0 aliphatic heterocycles. The minimum atomic E-state index is -0.314. The molecule has 2 N–H and O–H groups in total.